The van der Waals surface area contributed by atoms with Crippen LogP contribution < -0.4 is 15.8 Å². The van der Waals surface area contributed by atoms with Crippen LogP contribution in [0.15, 0.2) is 42.5 Å². The molecule has 2 aromatic carbocycles. The minimum Gasteiger partial charge on any atom is -0.497 e. The Bertz CT molecular complexity index is 543. The van der Waals surface area contributed by atoms with Crippen LogP contribution in [0, 0.1) is 0 Å². The minimum atomic E-state index is 0.623. The Morgan fingerprint density at radius 3 is 2.78 bits per heavy atom. The van der Waals surface area contributed by atoms with Crippen molar-refractivity contribution in [3.8, 4) is 5.75 Å². The number of halogens is 1. The molecule has 0 aliphatic heterocycles. The zero-order chi connectivity index (χ0) is 13.0. The van der Waals surface area contributed by atoms with Gasteiger partial charge in [0, 0.05) is 12.2 Å². The molecule has 0 bridgehead atoms. The summed E-state index contributed by atoms with van der Waals surface area (Å²) in [6.45, 7) is 0.681. The quantitative estimate of drug-likeness (QED) is 0.829. The van der Waals surface area contributed by atoms with Crippen LogP contribution in [0.1, 0.15) is 5.56 Å². The average molecular weight is 263 g/mol. The number of hydrogen-bond acceptors (Lipinski definition) is 3. The predicted octanol–water partition coefficient (Wildman–Crippen LogP) is 3.54. The third-order valence-corrected chi connectivity index (χ3v) is 2.92. The van der Waals surface area contributed by atoms with E-state index < -0.39 is 0 Å². The lowest BCUT2D eigenvalue weighted by Crippen LogP contribution is -2.00. The summed E-state index contributed by atoms with van der Waals surface area (Å²) in [7, 11) is 1.66. The highest BCUT2D eigenvalue weighted by Gasteiger charge is 2.01. The molecule has 2 aromatic rings. The Morgan fingerprint density at radius 2 is 2.06 bits per heavy atom. The van der Waals surface area contributed by atoms with Crippen LogP contribution in [0.4, 0.5) is 11.4 Å². The van der Waals surface area contributed by atoms with E-state index in [1.165, 1.54) is 0 Å². The Morgan fingerprint density at radius 1 is 1.22 bits per heavy atom. The van der Waals surface area contributed by atoms with Gasteiger partial charge in [-0.3, -0.25) is 0 Å². The van der Waals surface area contributed by atoms with Crippen molar-refractivity contribution in [3.05, 3.63) is 53.1 Å². The molecule has 0 amide bonds. The van der Waals surface area contributed by atoms with Crippen LogP contribution in [0.3, 0.4) is 0 Å². The molecule has 18 heavy (non-hydrogen) atoms. The second-order valence-electron chi connectivity index (χ2n) is 3.94. The molecule has 0 heterocycles. The molecule has 0 spiro atoms. The fourth-order valence-corrected chi connectivity index (χ4v) is 1.91. The summed E-state index contributed by atoms with van der Waals surface area (Å²) in [5, 5.41) is 3.89. The summed E-state index contributed by atoms with van der Waals surface area (Å²) in [6, 6.07) is 13.3. The molecule has 94 valence electrons. The normalized spacial score (nSPS) is 10.1. The number of anilines is 2. The molecule has 0 aliphatic carbocycles. The van der Waals surface area contributed by atoms with Gasteiger partial charge in [0.05, 0.1) is 17.8 Å². The van der Waals surface area contributed by atoms with Gasteiger partial charge in [0.2, 0.25) is 0 Å². The molecule has 3 N–H and O–H groups in total. The number of nitrogens with one attached hydrogen (secondary N) is 1. The Labute approximate surface area is 112 Å². The Hall–Kier alpha value is -1.87. The maximum atomic E-state index is 6.09. The van der Waals surface area contributed by atoms with Crippen molar-refractivity contribution in [1.29, 1.82) is 0 Å². The summed E-state index contributed by atoms with van der Waals surface area (Å²) in [5.41, 5.74) is 8.30. The molecule has 0 unspecified atom stereocenters. The van der Waals surface area contributed by atoms with Gasteiger partial charge in [-0.15, -0.1) is 0 Å². The van der Waals surface area contributed by atoms with E-state index in [1.807, 2.05) is 36.4 Å². The van der Waals surface area contributed by atoms with Gasteiger partial charge in [0.15, 0.2) is 0 Å². The van der Waals surface area contributed by atoms with Crippen molar-refractivity contribution in [2.45, 2.75) is 6.54 Å². The van der Waals surface area contributed by atoms with Crippen LogP contribution in [-0.2, 0) is 6.54 Å². The van der Waals surface area contributed by atoms with Crippen molar-refractivity contribution in [3.63, 3.8) is 0 Å². The van der Waals surface area contributed by atoms with Crippen LogP contribution >= 0.6 is 11.6 Å². The Kier molecular flexibility index (Phi) is 3.95. The predicted molar refractivity (Wildman–Crippen MR) is 76.2 cm³/mol. The second-order valence-corrected chi connectivity index (χ2v) is 4.35. The fourth-order valence-electron chi connectivity index (χ4n) is 1.65. The molecule has 0 radical (unpaired) electrons. The maximum Gasteiger partial charge on any atom is 0.119 e. The smallest absolute Gasteiger partial charge is 0.119 e. The third kappa shape index (κ3) is 3.08. The summed E-state index contributed by atoms with van der Waals surface area (Å²) in [4.78, 5) is 0. The summed E-state index contributed by atoms with van der Waals surface area (Å²) in [5.74, 6) is 0.845. The number of hydrogen-bond donors (Lipinski definition) is 2. The molecular formula is C14H15ClN2O. The molecule has 3 nitrogen and oxygen atoms in total. The van der Waals surface area contributed by atoms with Crippen LogP contribution in [0.5, 0.6) is 5.75 Å². The van der Waals surface area contributed by atoms with Crippen LogP contribution in [0.2, 0.25) is 5.02 Å². The largest absolute Gasteiger partial charge is 0.497 e. The lowest BCUT2D eigenvalue weighted by molar-refractivity contribution is 0.414. The highest BCUT2D eigenvalue weighted by molar-refractivity contribution is 6.33. The van der Waals surface area contributed by atoms with Crippen molar-refractivity contribution in [2.75, 3.05) is 18.2 Å². The van der Waals surface area contributed by atoms with E-state index in [4.69, 9.17) is 22.1 Å². The number of methoxy groups -OCH3 is 1. The van der Waals surface area contributed by atoms with Gasteiger partial charge < -0.3 is 15.8 Å². The highest BCUT2D eigenvalue weighted by Crippen LogP contribution is 2.24. The average Bonchev–Trinajstić information content (AvgIpc) is 2.38. The topological polar surface area (TPSA) is 47.3 Å². The Balaban J connectivity index is 2.06. The van der Waals surface area contributed by atoms with E-state index in [-0.39, 0.29) is 0 Å². The van der Waals surface area contributed by atoms with E-state index in [1.54, 1.807) is 13.2 Å². The van der Waals surface area contributed by atoms with Gasteiger partial charge >= 0.3 is 0 Å². The first-order valence-corrected chi connectivity index (χ1v) is 5.98. The zero-order valence-electron chi connectivity index (χ0n) is 10.1. The van der Waals surface area contributed by atoms with Crippen molar-refractivity contribution in [1.82, 2.24) is 0 Å². The number of nitrogen functional groups attached to an aromatic ring is 1. The highest BCUT2D eigenvalue weighted by atomic mass is 35.5. The molecule has 2 rings (SSSR count). The number of rotatable bonds is 4. The molecule has 0 aliphatic rings. The van der Waals surface area contributed by atoms with Crippen LogP contribution in [0.25, 0.3) is 0 Å². The van der Waals surface area contributed by atoms with Gasteiger partial charge in [0.25, 0.3) is 0 Å². The molecule has 0 aromatic heterocycles. The fraction of sp³-hybridized carbons (Fsp3) is 0.143. The van der Waals surface area contributed by atoms with E-state index in [0.717, 1.165) is 17.0 Å². The van der Waals surface area contributed by atoms with Crippen molar-refractivity contribution < 1.29 is 4.74 Å². The van der Waals surface area contributed by atoms with Crippen molar-refractivity contribution in [2.24, 2.45) is 0 Å². The number of ether oxygens (including phenoxy) is 1. The maximum absolute atomic E-state index is 6.09. The van der Waals surface area contributed by atoms with Crippen LogP contribution in [-0.4, -0.2) is 7.11 Å². The molecule has 0 fully saturated rings. The standard InChI is InChI=1S/C14H15ClN2O/c1-18-12-4-2-3-10(7-12)9-17-14-6-5-11(16)8-13(14)15/h2-8,17H,9,16H2,1H3. The molecule has 4 heteroatoms. The summed E-state index contributed by atoms with van der Waals surface area (Å²) >= 11 is 6.09. The van der Waals surface area contributed by atoms with Gasteiger partial charge in [-0.25, -0.2) is 0 Å². The monoisotopic (exact) mass is 262 g/mol. The number of benzene rings is 2. The van der Waals surface area contributed by atoms with E-state index in [9.17, 15) is 0 Å². The van der Waals surface area contributed by atoms with Gasteiger partial charge in [0.1, 0.15) is 5.75 Å². The molecular weight excluding hydrogens is 248 g/mol. The lowest BCUT2D eigenvalue weighted by atomic mass is 10.2. The second kappa shape index (κ2) is 5.65. The van der Waals surface area contributed by atoms with E-state index >= 15 is 0 Å². The molecule has 0 saturated carbocycles. The lowest BCUT2D eigenvalue weighted by Gasteiger charge is -2.10. The first-order valence-electron chi connectivity index (χ1n) is 5.61. The first kappa shape index (κ1) is 12.6. The first-order chi connectivity index (χ1) is 8.69. The summed E-state index contributed by atoms with van der Waals surface area (Å²) in [6.07, 6.45) is 0. The van der Waals surface area contributed by atoms with Crippen molar-refractivity contribution >= 4 is 23.0 Å². The van der Waals surface area contributed by atoms with Gasteiger partial charge in [-0.05, 0) is 35.9 Å². The van der Waals surface area contributed by atoms with Gasteiger partial charge in [-0.2, -0.15) is 0 Å². The van der Waals surface area contributed by atoms with E-state index in [0.29, 0.717) is 17.3 Å². The molecule has 0 saturated heterocycles. The van der Waals surface area contributed by atoms with Gasteiger partial charge in [-0.1, -0.05) is 23.7 Å². The molecule has 0 atom stereocenters. The minimum absolute atomic E-state index is 0.623. The van der Waals surface area contributed by atoms with E-state index in [2.05, 4.69) is 5.32 Å². The third-order valence-electron chi connectivity index (χ3n) is 2.61. The summed E-state index contributed by atoms with van der Waals surface area (Å²) < 4.78 is 5.18. The SMILES string of the molecule is COc1cccc(CNc2ccc(N)cc2Cl)c1. The zero-order valence-corrected chi connectivity index (χ0v) is 10.9. The number of nitrogens with two attached hydrogens (primary N) is 1.